The highest BCUT2D eigenvalue weighted by molar-refractivity contribution is 6.70. The molecule has 2 rings (SSSR count). The number of carbonyl (C=O) groups excluding carboxylic acids is 1. The minimum Gasteiger partial charge on any atom is -0.405 e. The Morgan fingerprint density at radius 1 is 1.18 bits per heavy atom. The van der Waals surface area contributed by atoms with E-state index in [2.05, 4.69) is 9.98 Å². The highest BCUT2D eigenvalue weighted by Crippen LogP contribution is 2.29. The van der Waals surface area contributed by atoms with E-state index in [9.17, 15) is 18.0 Å². The number of aliphatic imine (C=N–C) groups is 1. The lowest BCUT2D eigenvalue weighted by molar-refractivity contribution is -0.496. The van der Waals surface area contributed by atoms with Crippen molar-refractivity contribution in [3.05, 3.63) is 78.8 Å². The number of ketones is 1. The molecule has 0 atom stereocenters. The van der Waals surface area contributed by atoms with Gasteiger partial charge < -0.3 is 5.73 Å². The number of nitrogens with one attached hydrogen (secondary N) is 1. The molecule has 6 nitrogen and oxygen atoms in total. The third kappa shape index (κ3) is 5.99. The van der Waals surface area contributed by atoms with Crippen molar-refractivity contribution in [2.45, 2.75) is 6.18 Å². The van der Waals surface area contributed by atoms with Gasteiger partial charge in [-0.3, -0.25) is 15.5 Å². The molecule has 144 valence electrons. The fraction of sp³-hybridized carbons (Fsp3) is 0.0526. The molecule has 28 heavy (non-hydrogen) atoms. The molecule has 0 amide bonds. The number of carbonyl (C=O) groups is 1. The molecule has 0 saturated carbocycles. The number of rotatable bonds is 7. The van der Waals surface area contributed by atoms with Gasteiger partial charge in [-0.15, -0.1) is 0 Å². The summed E-state index contributed by atoms with van der Waals surface area (Å²) < 4.78 is 38.1. The molecule has 0 unspecified atom stereocenters. The quantitative estimate of drug-likeness (QED) is 0.385. The van der Waals surface area contributed by atoms with E-state index < -0.39 is 23.2 Å². The molecule has 0 bridgehead atoms. The van der Waals surface area contributed by atoms with Crippen LogP contribution in [0.1, 0.15) is 5.56 Å². The standard InChI is InChI=1S/C19H16F3N5O/c20-19(21,22)13-4-3-5-14(12-13)25-11-8-16(28)18(24)15(7-9-23)27-17-6-1-2-10-26-17/h1-12,24-25H,23H2/p+1. The Hall–Kier alpha value is -3.59. The smallest absolute Gasteiger partial charge is 0.405 e. The first-order valence-electron chi connectivity index (χ1n) is 8.01. The number of allylic oxidation sites excluding steroid dienone is 2. The normalized spacial score (nSPS) is 12.6. The van der Waals surface area contributed by atoms with Gasteiger partial charge in [0, 0.05) is 18.3 Å². The van der Waals surface area contributed by atoms with E-state index in [0.717, 1.165) is 24.4 Å². The van der Waals surface area contributed by atoms with Crippen molar-refractivity contribution >= 4 is 28.7 Å². The lowest BCUT2D eigenvalue weighted by Crippen LogP contribution is -2.71. The van der Waals surface area contributed by atoms with Crippen molar-refractivity contribution in [1.29, 1.82) is 5.41 Å². The number of nitrogens with zero attached hydrogens (tertiary/aromatic N) is 2. The summed E-state index contributed by atoms with van der Waals surface area (Å²) in [6.45, 7) is 0. The number of quaternary nitrogens is 1. The predicted molar refractivity (Wildman–Crippen MR) is 99.6 cm³/mol. The first kappa shape index (κ1) is 20.7. The highest BCUT2D eigenvalue weighted by atomic mass is 19.4. The van der Waals surface area contributed by atoms with Gasteiger partial charge >= 0.3 is 6.18 Å². The van der Waals surface area contributed by atoms with Gasteiger partial charge in [0.15, 0.2) is 5.82 Å². The average Bonchev–Trinajstić information content (AvgIpc) is 2.67. The number of alkyl halides is 3. The fourth-order valence-corrected chi connectivity index (χ4v) is 2.09. The van der Waals surface area contributed by atoms with Crippen LogP contribution < -0.4 is 11.1 Å². The Morgan fingerprint density at radius 2 is 1.96 bits per heavy atom. The van der Waals surface area contributed by atoms with E-state index >= 15 is 0 Å². The van der Waals surface area contributed by atoms with Gasteiger partial charge in [-0.25, -0.2) is 9.98 Å². The van der Waals surface area contributed by atoms with E-state index in [4.69, 9.17) is 11.1 Å². The van der Waals surface area contributed by atoms with Crippen LogP contribution in [0.15, 0.2) is 78.2 Å². The summed E-state index contributed by atoms with van der Waals surface area (Å²) >= 11 is 0. The van der Waals surface area contributed by atoms with E-state index in [1.165, 1.54) is 35.9 Å². The predicted octanol–water partition coefficient (Wildman–Crippen LogP) is 2.64. The van der Waals surface area contributed by atoms with Crippen molar-refractivity contribution in [2.75, 3.05) is 0 Å². The third-order valence-electron chi connectivity index (χ3n) is 3.39. The van der Waals surface area contributed by atoms with Gasteiger partial charge in [0.25, 0.3) is 0 Å². The molecule has 5 N–H and O–H groups in total. The van der Waals surface area contributed by atoms with Crippen molar-refractivity contribution in [3.63, 3.8) is 0 Å². The summed E-state index contributed by atoms with van der Waals surface area (Å²) in [5, 5.41) is 9.32. The van der Waals surface area contributed by atoms with Gasteiger partial charge in [0.2, 0.25) is 5.78 Å². The van der Waals surface area contributed by atoms with Gasteiger partial charge in [0.1, 0.15) is 17.6 Å². The molecule has 1 heterocycles. The molecule has 0 aliphatic carbocycles. The number of halogens is 3. The Balaban J connectivity index is 2.10. The zero-order valence-electron chi connectivity index (χ0n) is 14.5. The number of nitrogens with two attached hydrogens (primary N) is 2. The van der Waals surface area contributed by atoms with E-state index in [1.807, 2.05) is 0 Å². The minimum absolute atomic E-state index is 0.00918. The largest absolute Gasteiger partial charge is 0.416 e. The Labute approximate surface area is 158 Å². The van der Waals surface area contributed by atoms with Gasteiger partial charge in [-0.05, 0) is 36.5 Å². The van der Waals surface area contributed by atoms with E-state index in [-0.39, 0.29) is 11.4 Å². The molecule has 2 aromatic rings. The van der Waals surface area contributed by atoms with Crippen LogP contribution in [-0.4, -0.2) is 22.2 Å². The minimum atomic E-state index is -4.45. The topological polar surface area (TPSA) is 109 Å². The van der Waals surface area contributed by atoms with Crippen LogP contribution in [0.2, 0.25) is 0 Å². The summed E-state index contributed by atoms with van der Waals surface area (Å²) in [7, 11) is 0. The molecule has 0 aliphatic rings. The second kappa shape index (κ2) is 9.38. The van der Waals surface area contributed by atoms with Crippen molar-refractivity contribution in [1.82, 2.24) is 4.98 Å². The first-order valence-corrected chi connectivity index (χ1v) is 8.01. The van der Waals surface area contributed by atoms with Gasteiger partial charge in [-0.1, -0.05) is 12.1 Å². The molecule has 9 heteroatoms. The lowest BCUT2D eigenvalue weighted by atomic mass is 10.1. The SMILES string of the molecule is N=C(C(=O)C=C[NH2+]c1cccc(C(F)(F)F)c1)C(C=CN)=Nc1ccccn1. The van der Waals surface area contributed by atoms with Crippen LogP contribution in [0, 0.1) is 5.41 Å². The average molecular weight is 388 g/mol. The van der Waals surface area contributed by atoms with Gasteiger partial charge in [0.05, 0.1) is 11.3 Å². The van der Waals surface area contributed by atoms with Crippen molar-refractivity contribution in [3.8, 4) is 0 Å². The molecule has 0 saturated heterocycles. The molecule has 0 aliphatic heterocycles. The maximum atomic E-state index is 12.7. The van der Waals surface area contributed by atoms with Crippen LogP contribution >= 0.6 is 0 Å². The highest BCUT2D eigenvalue weighted by Gasteiger charge is 2.30. The zero-order valence-corrected chi connectivity index (χ0v) is 14.5. The summed E-state index contributed by atoms with van der Waals surface area (Å²) in [5.41, 5.74) is 4.41. The van der Waals surface area contributed by atoms with Crippen LogP contribution in [0.25, 0.3) is 0 Å². The molecule has 0 spiro atoms. The second-order valence-electron chi connectivity index (χ2n) is 5.43. The van der Waals surface area contributed by atoms with Crippen LogP contribution in [0.5, 0.6) is 0 Å². The summed E-state index contributed by atoms with van der Waals surface area (Å²) in [5.74, 6) is -0.385. The van der Waals surface area contributed by atoms with Crippen molar-refractivity contribution < 1.29 is 23.3 Å². The summed E-state index contributed by atoms with van der Waals surface area (Å²) in [6.07, 6.45) is 1.84. The maximum absolute atomic E-state index is 12.7. The monoisotopic (exact) mass is 388 g/mol. The van der Waals surface area contributed by atoms with Crippen LogP contribution in [0.3, 0.4) is 0 Å². The summed E-state index contributed by atoms with van der Waals surface area (Å²) in [6, 6.07) is 9.66. The molecule has 1 aromatic heterocycles. The van der Waals surface area contributed by atoms with E-state index in [0.29, 0.717) is 5.82 Å². The number of aromatic nitrogens is 1. The second-order valence-corrected chi connectivity index (χ2v) is 5.43. The van der Waals surface area contributed by atoms with Crippen LogP contribution in [0.4, 0.5) is 24.7 Å². The van der Waals surface area contributed by atoms with Gasteiger partial charge in [-0.2, -0.15) is 13.2 Å². The van der Waals surface area contributed by atoms with E-state index in [1.54, 1.807) is 18.2 Å². The van der Waals surface area contributed by atoms with Crippen molar-refractivity contribution in [2.24, 2.45) is 10.7 Å². The number of benzene rings is 1. The molecule has 0 fully saturated rings. The Bertz CT molecular complexity index is 934. The van der Waals surface area contributed by atoms with Crippen LogP contribution in [-0.2, 0) is 11.0 Å². The first-order chi connectivity index (χ1) is 13.3. The maximum Gasteiger partial charge on any atom is 0.416 e. The Kier molecular flexibility index (Phi) is 6.94. The molecule has 1 aromatic carbocycles. The Morgan fingerprint density at radius 3 is 2.61 bits per heavy atom. The molecule has 0 radical (unpaired) electrons. The lowest BCUT2D eigenvalue weighted by Gasteiger charge is -2.06. The fourth-order valence-electron chi connectivity index (χ4n) is 2.09. The number of hydrogen-bond donors (Lipinski definition) is 3. The number of hydrogen-bond acceptors (Lipinski definition) is 5. The third-order valence-corrected chi connectivity index (χ3v) is 3.39. The molecular weight excluding hydrogens is 371 g/mol. The zero-order chi connectivity index (χ0) is 20.6. The summed E-state index contributed by atoms with van der Waals surface area (Å²) in [4.78, 5) is 20.3. The molecular formula is C19H17F3N5O+. The number of pyridine rings is 1.